The fourth-order valence-electron chi connectivity index (χ4n) is 2.00. The van der Waals surface area contributed by atoms with Crippen molar-refractivity contribution in [3.8, 4) is 0 Å². The van der Waals surface area contributed by atoms with Gasteiger partial charge >= 0.3 is 0 Å². The van der Waals surface area contributed by atoms with Crippen LogP contribution < -0.4 is 5.32 Å². The summed E-state index contributed by atoms with van der Waals surface area (Å²) >= 11 is 0. The Morgan fingerprint density at radius 1 is 1.20 bits per heavy atom. The molecule has 2 aliphatic carbocycles. The van der Waals surface area contributed by atoms with Crippen molar-refractivity contribution in [3.63, 3.8) is 0 Å². The lowest BCUT2D eigenvalue weighted by Crippen LogP contribution is -2.21. The lowest BCUT2D eigenvalue weighted by molar-refractivity contribution is 0.391. The molecular weight excluding hydrogens is 122 g/mol. The van der Waals surface area contributed by atoms with Crippen molar-refractivity contribution in [1.29, 1.82) is 0 Å². The molecular formula is C9H17N. The molecule has 0 aromatic heterocycles. The molecule has 2 aliphatic rings. The largest absolute Gasteiger partial charge is 0.319 e. The monoisotopic (exact) mass is 139 g/mol. The van der Waals surface area contributed by atoms with Crippen LogP contribution in [0.5, 0.6) is 0 Å². The van der Waals surface area contributed by atoms with Gasteiger partial charge in [0.05, 0.1) is 0 Å². The van der Waals surface area contributed by atoms with Gasteiger partial charge in [-0.15, -0.1) is 0 Å². The summed E-state index contributed by atoms with van der Waals surface area (Å²) in [5, 5.41) is 3.31. The van der Waals surface area contributed by atoms with Crippen LogP contribution in [-0.2, 0) is 0 Å². The summed E-state index contributed by atoms with van der Waals surface area (Å²) in [6, 6.07) is 0. The Bertz CT molecular complexity index is 102. The maximum Gasteiger partial charge on any atom is -0.00182 e. The topological polar surface area (TPSA) is 12.0 Å². The summed E-state index contributed by atoms with van der Waals surface area (Å²) in [6.45, 7) is 1.27. The summed E-state index contributed by atoms with van der Waals surface area (Å²) in [5.41, 5.74) is 0. The third-order valence-electron chi connectivity index (χ3n) is 2.89. The van der Waals surface area contributed by atoms with E-state index in [1.807, 2.05) is 0 Å². The molecule has 0 aliphatic heterocycles. The fraction of sp³-hybridized carbons (Fsp3) is 1.00. The highest BCUT2D eigenvalue weighted by molar-refractivity contribution is 4.92. The van der Waals surface area contributed by atoms with Gasteiger partial charge < -0.3 is 5.32 Å². The molecule has 0 aromatic carbocycles. The second-order valence-corrected chi connectivity index (χ2v) is 3.90. The number of hydrogen-bond acceptors (Lipinski definition) is 1. The van der Waals surface area contributed by atoms with Gasteiger partial charge in [-0.25, -0.2) is 0 Å². The first kappa shape index (κ1) is 6.66. The van der Waals surface area contributed by atoms with Crippen LogP contribution in [0.25, 0.3) is 0 Å². The van der Waals surface area contributed by atoms with Crippen molar-refractivity contribution in [1.82, 2.24) is 5.32 Å². The molecule has 0 spiro atoms. The van der Waals surface area contributed by atoms with E-state index in [2.05, 4.69) is 12.4 Å². The zero-order valence-corrected chi connectivity index (χ0v) is 6.77. The Morgan fingerprint density at radius 3 is 2.00 bits per heavy atom. The van der Waals surface area contributed by atoms with Crippen LogP contribution in [0.2, 0.25) is 0 Å². The number of rotatable bonds is 4. The highest BCUT2D eigenvalue weighted by Gasteiger charge is 2.40. The van der Waals surface area contributed by atoms with Crippen molar-refractivity contribution in [2.75, 3.05) is 13.6 Å². The van der Waals surface area contributed by atoms with Crippen LogP contribution in [-0.4, -0.2) is 13.6 Å². The summed E-state index contributed by atoms with van der Waals surface area (Å²) in [6.07, 6.45) is 6.07. The van der Waals surface area contributed by atoms with Gasteiger partial charge in [0.1, 0.15) is 0 Å². The standard InChI is InChI=1S/C9H17N/c1-10-6-9(7-2-3-7)8-4-5-8/h7-10H,2-6H2,1H3. The van der Waals surface area contributed by atoms with Crippen LogP contribution in [0.1, 0.15) is 25.7 Å². The SMILES string of the molecule is CNCC(C1CC1)C1CC1. The Kier molecular flexibility index (Phi) is 1.69. The molecule has 0 saturated heterocycles. The van der Waals surface area contributed by atoms with Crippen LogP contribution >= 0.6 is 0 Å². The molecule has 0 unspecified atom stereocenters. The van der Waals surface area contributed by atoms with Gasteiger partial charge in [0.2, 0.25) is 0 Å². The normalized spacial score (nSPS) is 25.8. The Morgan fingerprint density at radius 2 is 1.70 bits per heavy atom. The second kappa shape index (κ2) is 2.54. The molecule has 0 atom stereocenters. The van der Waals surface area contributed by atoms with Gasteiger partial charge in [0.15, 0.2) is 0 Å². The number of hydrogen-bond donors (Lipinski definition) is 1. The maximum atomic E-state index is 3.31. The highest BCUT2D eigenvalue weighted by atomic mass is 14.8. The van der Waals surface area contributed by atoms with Crippen molar-refractivity contribution < 1.29 is 0 Å². The van der Waals surface area contributed by atoms with E-state index in [9.17, 15) is 0 Å². The van der Waals surface area contributed by atoms with E-state index in [1.54, 1.807) is 0 Å². The summed E-state index contributed by atoms with van der Waals surface area (Å²) in [5.74, 6) is 3.27. The lowest BCUT2D eigenvalue weighted by atomic mass is 9.98. The maximum absolute atomic E-state index is 3.31. The molecule has 1 nitrogen and oxygen atoms in total. The minimum Gasteiger partial charge on any atom is -0.319 e. The van der Waals surface area contributed by atoms with E-state index in [0.717, 1.165) is 17.8 Å². The quantitative estimate of drug-likeness (QED) is 0.624. The molecule has 0 aromatic rings. The van der Waals surface area contributed by atoms with E-state index in [0.29, 0.717) is 0 Å². The zero-order valence-electron chi connectivity index (χ0n) is 6.77. The Labute approximate surface area is 63.2 Å². The first-order valence-electron chi connectivity index (χ1n) is 4.56. The van der Waals surface area contributed by atoms with Crippen molar-refractivity contribution in [2.24, 2.45) is 17.8 Å². The van der Waals surface area contributed by atoms with E-state index < -0.39 is 0 Å². The van der Waals surface area contributed by atoms with Crippen molar-refractivity contribution >= 4 is 0 Å². The van der Waals surface area contributed by atoms with Crippen LogP contribution in [0.3, 0.4) is 0 Å². The minimum absolute atomic E-state index is 1.05. The van der Waals surface area contributed by atoms with Gasteiger partial charge in [-0.05, 0) is 57.0 Å². The summed E-state index contributed by atoms with van der Waals surface area (Å²) < 4.78 is 0. The fourth-order valence-corrected chi connectivity index (χ4v) is 2.00. The molecule has 0 bridgehead atoms. The van der Waals surface area contributed by atoms with E-state index in [1.165, 1.54) is 32.2 Å². The average Bonchev–Trinajstić information content (AvgIpc) is 2.77. The highest BCUT2D eigenvalue weighted by Crippen LogP contribution is 2.48. The predicted octanol–water partition coefficient (Wildman–Crippen LogP) is 1.64. The number of nitrogens with one attached hydrogen (secondary N) is 1. The molecule has 2 saturated carbocycles. The van der Waals surface area contributed by atoms with Gasteiger partial charge in [0.25, 0.3) is 0 Å². The van der Waals surface area contributed by atoms with E-state index in [-0.39, 0.29) is 0 Å². The smallest absolute Gasteiger partial charge is 0.00182 e. The van der Waals surface area contributed by atoms with Gasteiger partial charge in [-0.1, -0.05) is 0 Å². The predicted molar refractivity (Wildman–Crippen MR) is 42.9 cm³/mol. The van der Waals surface area contributed by atoms with Crippen LogP contribution in [0.4, 0.5) is 0 Å². The molecule has 1 heteroatoms. The second-order valence-electron chi connectivity index (χ2n) is 3.90. The van der Waals surface area contributed by atoms with Crippen molar-refractivity contribution in [3.05, 3.63) is 0 Å². The molecule has 0 radical (unpaired) electrons. The molecule has 2 rings (SSSR count). The summed E-state index contributed by atoms with van der Waals surface area (Å²) in [7, 11) is 2.08. The lowest BCUT2D eigenvalue weighted by Gasteiger charge is -2.13. The minimum atomic E-state index is 1.05. The molecule has 0 amide bonds. The van der Waals surface area contributed by atoms with Crippen molar-refractivity contribution in [2.45, 2.75) is 25.7 Å². The third-order valence-corrected chi connectivity index (χ3v) is 2.89. The first-order valence-corrected chi connectivity index (χ1v) is 4.56. The van der Waals surface area contributed by atoms with Gasteiger partial charge in [0, 0.05) is 0 Å². The molecule has 0 heterocycles. The third kappa shape index (κ3) is 1.34. The van der Waals surface area contributed by atoms with Gasteiger partial charge in [-0.3, -0.25) is 0 Å². The average molecular weight is 139 g/mol. The zero-order chi connectivity index (χ0) is 6.97. The molecule has 58 valence electrons. The molecule has 10 heavy (non-hydrogen) atoms. The van der Waals surface area contributed by atoms with Crippen LogP contribution in [0, 0.1) is 17.8 Å². The van der Waals surface area contributed by atoms with E-state index in [4.69, 9.17) is 0 Å². The summed E-state index contributed by atoms with van der Waals surface area (Å²) in [4.78, 5) is 0. The Hall–Kier alpha value is -0.0400. The first-order chi connectivity index (χ1) is 4.92. The van der Waals surface area contributed by atoms with Crippen LogP contribution in [0.15, 0.2) is 0 Å². The molecule has 1 N–H and O–H groups in total. The van der Waals surface area contributed by atoms with Gasteiger partial charge in [-0.2, -0.15) is 0 Å². The van der Waals surface area contributed by atoms with E-state index >= 15 is 0 Å². The Balaban J connectivity index is 1.80. The molecule has 2 fully saturated rings.